The van der Waals surface area contributed by atoms with Crippen LogP contribution in [0.1, 0.15) is 42.6 Å². The molecule has 130 valence electrons. The molecule has 3 aromatic rings. The molecule has 2 nitrogen and oxygen atoms in total. The highest BCUT2D eigenvalue weighted by Crippen LogP contribution is 2.19. The molecule has 3 rings (SSSR count). The van der Waals surface area contributed by atoms with E-state index in [2.05, 4.69) is 62.4 Å². The van der Waals surface area contributed by atoms with Crippen LogP contribution in [-0.4, -0.2) is 11.9 Å². The minimum absolute atomic E-state index is 0.0740. The maximum atomic E-state index is 4.95. The van der Waals surface area contributed by atoms with Crippen molar-refractivity contribution >= 4 is 11.9 Å². The maximum absolute atomic E-state index is 4.95. The standard InChI is InChI=1S/C24H24N2/c1-19(21-12-6-3-7-13-21)25-18-24(23-16-10-5-11-17-23)26-20(2)22-14-8-4-9-15-22/h3-20H,1-2H3/b25-18+,26-24-/t19-,20-/m0/s1. The molecule has 0 saturated carbocycles. The summed E-state index contributed by atoms with van der Waals surface area (Å²) in [5, 5.41) is 0. The first-order valence-corrected chi connectivity index (χ1v) is 9.00. The molecule has 0 unspecified atom stereocenters. The first-order chi connectivity index (χ1) is 12.7. The lowest BCUT2D eigenvalue weighted by Gasteiger charge is -2.11. The Kier molecular flexibility index (Phi) is 6.10. The van der Waals surface area contributed by atoms with Gasteiger partial charge in [-0.15, -0.1) is 0 Å². The Morgan fingerprint density at radius 2 is 1.12 bits per heavy atom. The Hall–Kier alpha value is -3.00. The number of aliphatic imine (C=N–C) groups is 2. The highest BCUT2D eigenvalue weighted by molar-refractivity contribution is 6.38. The van der Waals surface area contributed by atoms with E-state index in [1.54, 1.807) is 0 Å². The molecule has 0 radical (unpaired) electrons. The fraction of sp³-hybridized carbons (Fsp3) is 0.167. The first kappa shape index (κ1) is 17.8. The summed E-state index contributed by atoms with van der Waals surface area (Å²) in [7, 11) is 0. The Balaban J connectivity index is 1.89. The van der Waals surface area contributed by atoms with E-state index >= 15 is 0 Å². The average Bonchev–Trinajstić information content (AvgIpc) is 2.72. The molecule has 0 N–H and O–H groups in total. The van der Waals surface area contributed by atoms with Gasteiger partial charge in [0.15, 0.2) is 0 Å². The molecule has 26 heavy (non-hydrogen) atoms. The van der Waals surface area contributed by atoms with E-state index in [-0.39, 0.29) is 12.1 Å². The topological polar surface area (TPSA) is 24.7 Å². The summed E-state index contributed by atoms with van der Waals surface area (Å²) in [6.45, 7) is 4.22. The third-order valence-electron chi connectivity index (χ3n) is 4.39. The molecule has 0 aliphatic rings. The van der Waals surface area contributed by atoms with Gasteiger partial charge >= 0.3 is 0 Å². The second kappa shape index (κ2) is 8.91. The molecular formula is C24H24N2. The van der Waals surface area contributed by atoms with Gasteiger partial charge < -0.3 is 0 Å². The second-order valence-electron chi connectivity index (χ2n) is 6.33. The fourth-order valence-electron chi connectivity index (χ4n) is 2.81. The Morgan fingerprint density at radius 3 is 1.65 bits per heavy atom. The van der Waals surface area contributed by atoms with Crippen molar-refractivity contribution in [3.05, 3.63) is 108 Å². The zero-order valence-corrected chi connectivity index (χ0v) is 15.3. The van der Waals surface area contributed by atoms with Crippen LogP contribution in [0.5, 0.6) is 0 Å². The predicted octanol–water partition coefficient (Wildman–Crippen LogP) is 6.07. The van der Waals surface area contributed by atoms with Crippen molar-refractivity contribution in [1.29, 1.82) is 0 Å². The molecule has 0 aliphatic heterocycles. The van der Waals surface area contributed by atoms with Crippen LogP contribution >= 0.6 is 0 Å². The van der Waals surface area contributed by atoms with Crippen LogP contribution in [-0.2, 0) is 0 Å². The quantitative estimate of drug-likeness (QED) is 0.487. The SMILES string of the molecule is C[C@H](/N=C/C(=N/[C@@H](C)c1ccccc1)c1ccccc1)c1ccccc1. The van der Waals surface area contributed by atoms with Crippen LogP contribution in [0.15, 0.2) is 101 Å². The normalized spacial score (nSPS) is 14.3. The van der Waals surface area contributed by atoms with Gasteiger partial charge in [-0.25, -0.2) is 0 Å². The highest BCUT2D eigenvalue weighted by atomic mass is 14.8. The Morgan fingerprint density at radius 1 is 0.654 bits per heavy atom. The molecule has 0 heterocycles. The number of nitrogens with zero attached hydrogens (tertiary/aromatic N) is 2. The summed E-state index contributed by atoms with van der Waals surface area (Å²) in [6.07, 6.45) is 1.91. The smallest absolute Gasteiger partial charge is 0.0832 e. The van der Waals surface area contributed by atoms with Gasteiger partial charge in [0.05, 0.1) is 17.8 Å². The van der Waals surface area contributed by atoms with Crippen LogP contribution < -0.4 is 0 Å². The zero-order valence-electron chi connectivity index (χ0n) is 15.3. The van der Waals surface area contributed by atoms with Crippen molar-refractivity contribution in [2.75, 3.05) is 0 Å². The number of hydrogen-bond acceptors (Lipinski definition) is 2. The van der Waals surface area contributed by atoms with Crippen molar-refractivity contribution in [1.82, 2.24) is 0 Å². The molecule has 0 spiro atoms. The van der Waals surface area contributed by atoms with E-state index in [4.69, 9.17) is 9.98 Å². The lowest BCUT2D eigenvalue weighted by Crippen LogP contribution is -2.06. The van der Waals surface area contributed by atoms with Crippen molar-refractivity contribution in [2.24, 2.45) is 9.98 Å². The lowest BCUT2D eigenvalue weighted by atomic mass is 10.1. The number of hydrogen-bond donors (Lipinski definition) is 0. The monoisotopic (exact) mass is 340 g/mol. The molecule has 0 aromatic heterocycles. The molecule has 2 atom stereocenters. The van der Waals surface area contributed by atoms with Crippen LogP contribution in [0.4, 0.5) is 0 Å². The van der Waals surface area contributed by atoms with Crippen molar-refractivity contribution in [3.63, 3.8) is 0 Å². The number of benzene rings is 3. The van der Waals surface area contributed by atoms with E-state index < -0.39 is 0 Å². The minimum Gasteiger partial charge on any atom is -0.283 e. The fourth-order valence-corrected chi connectivity index (χ4v) is 2.81. The number of rotatable bonds is 6. The molecule has 0 amide bonds. The Labute approximate surface area is 156 Å². The second-order valence-corrected chi connectivity index (χ2v) is 6.33. The average molecular weight is 340 g/mol. The van der Waals surface area contributed by atoms with Crippen molar-refractivity contribution in [2.45, 2.75) is 25.9 Å². The van der Waals surface area contributed by atoms with Gasteiger partial charge in [-0.3, -0.25) is 9.98 Å². The maximum Gasteiger partial charge on any atom is 0.0832 e. The highest BCUT2D eigenvalue weighted by Gasteiger charge is 2.08. The van der Waals surface area contributed by atoms with E-state index in [9.17, 15) is 0 Å². The van der Waals surface area contributed by atoms with Crippen LogP contribution in [0.25, 0.3) is 0 Å². The van der Waals surface area contributed by atoms with E-state index in [0.29, 0.717) is 0 Å². The van der Waals surface area contributed by atoms with Gasteiger partial charge in [-0.05, 0) is 25.0 Å². The van der Waals surface area contributed by atoms with E-state index in [1.807, 2.05) is 48.7 Å². The Bertz CT molecular complexity index is 852. The molecule has 0 bridgehead atoms. The van der Waals surface area contributed by atoms with Gasteiger partial charge in [0, 0.05) is 11.8 Å². The van der Waals surface area contributed by atoms with Gasteiger partial charge in [-0.1, -0.05) is 91.0 Å². The summed E-state index contributed by atoms with van der Waals surface area (Å²) in [4.78, 5) is 9.71. The molecule has 0 saturated heterocycles. The summed E-state index contributed by atoms with van der Waals surface area (Å²) >= 11 is 0. The van der Waals surface area contributed by atoms with Crippen LogP contribution in [0.2, 0.25) is 0 Å². The summed E-state index contributed by atoms with van der Waals surface area (Å²) in [6, 6.07) is 31.1. The minimum atomic E-state index is 0.0740. The molecule has 2 heteroatoms. The molecular weight excluding hydrogens is 316 g/mol. The molecule has 0 aliphatic carbocycles. The lowest BCUT2D eigenvalue weighted by molar-refractivity contribution is 0.817. The van der Waals surface area contributed by atoms with Crippen LogP contribution in [0, 0.1) is 0 Å². The van der Waals surface area contributed by atoms with Crippen LogP contribution in [0.3, 0.4) is 0 Å². The largest absolute Gasteiger partial charge is 0.283 e. The third kappa shape index (κ3) is 4.76. The van der Waals surface area contributed by atoms with Gasteiger partial charge in [-0.2, -0.15) is 0 Å². The van der Waals surface area contributed by atoms with E-state index in [1.165, 1.54) is 11.1 Å². The first-order valence-electron chi connectivity index (χ1n) is 9.00. The van der Waals surface area contributed by atoms with E-state index in [0.717, 1.165) is 11.3 Å². The van der Waals surface area contributed by atoms with Gasteiger partial charge in [0.25, 0.3) is 0 Å². The van der Waals surface area contributed by atoms with Gasteiger partial charge in [0.1, 0.15) is 0 Å². The summed E-state index contributed by atoms with van der Waals surface area (Å²) in [5.41, 5.74) is 4.39. The summed E-state index contributed by atoms with van der Waals surface area (Å²) in [5.74, 6) is 0. The predicted molar refractivity (Wildman–Crippen MR) is 111 cm³/mol. The molecule has 3 aromatic carbocycles. The third-order valence-corrected chi connectivity index (χ3v) is 4.39. The van der Waals surface area contributed by atoms with Crippen molar-refractivity contribution < 1.29 is 0 Å². The van der Waals surface area contributed by atoms with Gasteiger partial charge in [0.2, 0.25) is 0 Å². The zero-order chi connectivity index (χ0) is 18.2. The van der Waals surface area contributed by atoms with Crippen molar-refractivity contribution in [3.8, 4) is 0 Å². The molecule has 0 fully saturated rings. The summed E-state index contributed by atoms with van der Waals surface area (Å²) < 4.78 is 0.